The maximum atomic E-state index is 13.0. The van der Waals surface area contributed by atoms with Gasteiger partial charge in [-0.1, -0.05) is 12.1 Å². The number of amides is 1. The summed E-state index contributed by atoms with van der Waals surface area (Å²) in [6, 6.07) is 12.1. The van der Waals surface area contributed by atoms with Crippen molar-refractivity contribution in [3.05, 3.63) is 48.0 Å². The van der Waals surface area contributed by atoms with Gasteiger partial charge in [0.1, 0.15) is 11.5 Å². The molecule has 8 nitrogen and oxygen atoms in total. The molecule has 0 saturated carbocycles. The molecule has 0 bridgehead atoms. The highest BCUT2D eigenvalue weighted by Gasteiger charge is 2.45. The molecule has 29 heavy (non-hydrogen) atoms. The third kappa shape index (κ3) is 3.06. The van der Waals surface area contributed by atoms with Crippen molar-refractivity contribution in [2.75, 3.05) is 26.1 Å². The number of nitrogens with one attached hydrogen (secondary N) is 1. The average molecular weight is 395 g/mol. The fourth-order valence-electron chi connectivity index (χ4n) is 3.75. The number of rotatable bonds is 5. The predicted octanol–water partition coefficient (Wildman–Crippen LogP) is 2.77. The molecule has 1 aliphatic rings. The van der Waals surface area contributed by atoms with E-state index in [0.717, 1.165) is 5.52 Å². The first kappa shape index (κ1) is 18.8. The van der Waals surface area contributed by atoms with E-state index in [9.17, 15) is 9.59 Å². The van der Waals surface area contributed by atoms with Crippen LogP contribution in [-0.2, 0) is 14.3 Å². The highest BCUT2D eigenvalue weighted by Crippen LogP contribution is 2.42. The molecule has 0 fully saturated rings. The minimum Gasteiger partial charge on any atom is -0.497 e. The second kappa shape index (κ2) is 7.46. The van der Waals surface area contributed by atoms with Gasteiger partial charge in [-0.15, -0.1) is 0 Å². The summed E-state index contributed by atoms with van der Waals surface area (Å²) >= 11 is 0. The van der Waals surface area contributed by atoms with Gasteiger partial charge in [0.25, 0.3) is 0 Å². The smallest absolute Gasteiger partial charge is 0.321 e. The lowest BCUT2D eigenvalue weighted by molar-refractivity contribution is -0.152. The number of benzene rings is 2. The summed E-state index contributed by atoms with van der Waals surface area (Å²) in [5.41, 5.74) is 2.12. The fourth-order valence-corrected chi connectivity index (χ4v) is 3.75. The molecule has 2 aromatic carbocycles. The Morgan fingerprint density at radius 3 is 2.69 bits per heavy atom. The van der Waals surface area contributed by atoms with Crippen molar-refractivity contribution in [2.45, 2.75) is 13.0 Å². The molecule has 0 saturated heterocycles. The summed E-state index contributed by atoms with van der Waals surface area (Å²) < 4.78 is 18.0. The Hall–Kier alpha value is -3.55. The van der Waals surface area contributed by atoms with Crippen LogP contribution in [0.2, 0.25) is 0 Å². The molecule has 8 heteroatoms. The number of fused-ring (bicyclic) bond motifs is 3. The number of carbonyl (C=O) groups is 2. The standard InChI is InChI=1S/C21H21N3O5/c1-4-29-20(26)17-18(13-11-12(27-2)9-10-16(13)28-3)24-15-8-6-5-7-14(15)22-21(24)23-19(17)25/h5-11,17-18H,4H2,1-3H3,(H,22,23,25)/t17-,18+/m0/s1. The van der Waals surface area contributed by atoms with Crippen molar-refractivity contribution in [1.29, 1.82) is 0 Å². The Morgan fingerprint density at radius 1 is 1.17 bits per heavy atom. The highest BCUT2D eigenvalue weighted by atomic mass is 16.5. The summed E-state index contributed by atoms with van der Waals surface area (Å²) in [5.74, 6) is -0.707. The van der Waals surface area contributed by atoms with Crippen molar-refractivity contribution in [3.8, 4) is 11.5 Å². The lowest BCUT2D eigenvalue weighted by atomic mass is 9.89. The largest absolute Gasteiger partial charge is 0.497 e. The third-order valence-electron chi connectivity index (χ3n) is 5.00. The van der Waals surface area contributed by atoms with E-state index in [2.05, 4.69) is 10.3 Å². The number of imidazole rings is 1. The molecule has 1 N–H and O–H groups in total. The van der Waals surface area contributed by atoms with E-state index in [1.807, 2.05) is 28.8 Å². The summed E-state index contributed by atoms with van der Waals surface area (Å²) in [4.78, 5) is 30.3. The monoisotopic (exact) mass is 395 g/mol. The maximum Gasteiger partial charge on any atom is 0.321 e. The van der Waals surface area contributed by atoms with Gasteiger partial charge in [-0.2, -0.15) is 0 Å². The van der Waals surface area contributed by atoms with Crippen molar-refractivity contribution in [1.82, 2.24) is 9.55 Å². The molecule has 0 spiro atoms. The number of carbonyl (C=O) groups excluding carboxylic acids is 2. The van der Waals surface area contributed by atoms with Gasteiger partial charge < -0.3 is 18.8 Å². The molecule has 150 valence electrons. The minimum absolute atomic E-state index is 0.169. The number of hydrogen-bond acceptors (Lipinski definition) is 6. The summed E-state index contributed by atoms with van der Waals surface area (Å²) in [5, 5.41) is 2.74. The molecule has 2 atom stereocenters. The van der Waals surface area contributed by atoms with Gasteiger partial charge in [-0.05, 0) is 37.3 Å². The third-order valence-corrected chi connectivity index (χ3v) is 5.00. The van der Waals surface area contributed by atoms with Crippen LogP contribution in [0.25, 0.3) is 11.0 Å². The Morgan fingerprint density at radius 2 is 1.97 bits per heavy atom. The van der Waals surface area contributed by atoms with E-state index < -0.39 is 23.8 Å². The van der Waals surface area contributed by atoms with Gasteiger partial charge in [0.15, 0.2) is 5.92 Å². The topological polar surface area (TPSA) is 91.7 Å². The first-order chi connectivity index (χ1) is 14.1. The van der Waals surface area contributed by atoms with Crippen LogP contribution < -0.4 is 14.8 Å². The van der Waals surface area contributed by atoms with Crippen LogP contribution in [0, 0.1) is 5.92 Å². The predicted molar refractivity (Wildman–Crippen MR) is 106 cm³/mol. The van der Waals surface area contributed by atoms with E-state index in [1.165, 1.54) is 0 Å². The first-order valence-electron chi connectivity index (χ1n) is 9.25. The zero-order chi connectivity index (χ0) is 20.5. The molecule has 1 aliphatic heterocycles. The van der Waals surface area contributed by atoms with Crippen LogP contribution >= 0.6 is 0 Å². The number of esters is 1. The second-order valence-corrected chi connectivity index (χ2v) is 6.57. The van der Waals surface area contributed by atoms with Crippen LogP contribution in [0.3, 0.4) is 0 Å². The number of methoxy groups -OCH3 is 2. The molecule has 1 aromatic heterocycles. The molecule has 0 aliphatic carbocycles. The van der Waals surface area contributed by atoms with Crippen molar-refractivity contribution < 1.29 is 23.8 Å². The van der Waals surface area contributed by atoms with Crippen molar-refractivity contribution in [3.63, 3.8) is 0 Å². The van der Waals surface area contributed by atoms with Crippen LogP contribution in [-0.4, -0.2) is 42.3 Å². The lowest BCUT2D eigenvalue weighted by Gasteiger charge is -2.33. The number of nitrogens with zero attached hydrogens (tertiary/aromatic N) is 2. The quantitative estimate of drug-likeness (QED) is 0.528. The average Bonchev–Trinajstić information content (AvgIpc) is 3.10. The Bertz CT molecular complexity index is 1090. The molecule has 1 amide bonds. The Balaban J connectivity index is 2.01. The second-order valence-electron chi connectivity index (χ2n) is 6.57. The van der Waals surface area contributed by atoms with Gasteiger partial charge >= 0.3 is 5.97 Å². The van der Waals surface area contributed by atoms with Gasteiger partial charge in [0, 0.05) is 5.56 Å². The first-order valence-corrected chi connectivity index (χ1v) is 9.25. The number of anilines is 1. The van der Waals surface area contributed by atoms with Gasteiger partial charge in [0.05, 0.1) is 37.9 Å². The van der Waals surface area contributed by atoms with E-state index in [-0.39, 0.29) is 6.61 Å². The highest BCUT2D eigenvalue weighted by molar-refractivity contribution is 6.07. The number of hydrogen-bond donors (Lipinski definition) is 1. The molecule has 3 aromatic rings. The van der Waals surface area contributed by atoms with Crippen molar-refractivity contribution in [2.24, 2.45) is 5.92 Å². The van der Waals surface area contributed by atoms with Gasteiger partial charge in [-0.3, -0.25) is 14.9 Å². The SMILES string of the molecule is CCOC(=O)[C@@H]1C(=O)Nc2nc3ccccc3n2[C@@H]1c1cc(OC)ccc1OC. The zero-order valence-electron chi connectivity index (χ0n) is 16.3. The van der Waals surface area contributed by atoms with E-state index >= 15 is 0 Å². The zero-order valence-corrected chi connectivity index (χ0v) is 16.3. The van der Waals surface area contributed by atoms with E-state index in [1.54, 1.807) is 39.3 Å². The van der Waals surface area contributed by atoms with Crippen molar-refractivity contribution >= 4 is 28.9 Å². The Kier molecular flexibility index (Phi) is 4.84. The molecule has 0 radical (unpaired) electrons. The van der Waals surface area contributed by atoms with Crippen LogP contribution in [0.4, 0.5) is 5.95 Å². The molecule has 2 heterocycles. The fraction of sp³-hybridized carbons (Fsp3) is 0.286. The number of ether oxygens (including phenoxy) is 3. The Labute approximate surface area is 167 Å². The number of aromatic nitrogens is 2. The summed E-state index contributed by atoms with van der Waals surface area (Å²) in [6.45, 7) is 1.87. The van der Waals surface area contributed by atoms with Gasteiger partial charge in [0.2, 0.25) is 11.9 Å². The molecule has 4 rings (SSSR count). The molecular formula is C21H21N3O5. The summed E-state index contributed by atoms with van der Waals surface area (Å²) in [6.07, 6.45) is 0. The normalized spacial score (nSPS) is 18.1. The molecular weight excluding hydrogens is 374 g/mol. The van der Waals surface area contributed by atoms with Crippen LogP contribution in [0.1, 0.15) is 18.5 Å². The van der Waals surface area contributed by atoms with Crippen LogP contribution in [0.5, 0.6) is 11.5 Å². The lowest BCUT2D eigenvalue weighted by Crippen LogP contribution is -2.43. The minimum atomic E-state index is -1.11. The van der Waals surface area contributed by atoms with E-state index in [0.29, 0.717) is 28.5 Å². The number of para-hydroxylation sites is 2. The molecule has 0 unspecified atom stereocenters. The van der Waals surface area contributed by atoms with E-state index in [4.69, 9.17) is 14.2 Å². The van der Waals surface area contributed by atoms with Gasteiger partial charge in [-0.25, -0.2) is 4.98 Å². The summed E-state index contributed by atoms with van der Waals surface area (Å²) in [7, 11) is 3.10. The van der Waals surface area contributed by atoms with Crippen LogP contribution in [0.15, 0.2) is 42.5 Å². The maximum absolute atomic E-state index is 13.0.